The average molecular weight is 513 g/mol. The quantitative estimate of drug-likeness (QED) is 0.569. The molecule has 2 saturated heterocycles. The highest BCUT2D eigenvalue weighted by atomic mass is 32.1. The first-order chi connectivity index (χ1) is 17.4. The molecule has 192 valence electrons. The molecule has 36 heavy (non-hydrogen) atoms. The molecule has 2 aromatic carbocycles. The fourth-order valence-corrected chi connectivity index (χ4v) is 5.15. The van der Waals surface area contributed by atoms with Crippen LogP contribution in [0.3, 0.4) is 0 Å². The van der Waals surface area contributed by atoms with Crippen LogP contribution in [0, 0.1) is 11.7 Å². The van der Waals surface area contributed by atoms with Crippen LogP contribution in [0.25, 0.3) is 0 Å². The maximum atomic E-state index is 13.6. The van der Waals surface area contributed by atoms with Gasteiger partial charge in [-0.2, -0.15) is 0 Å². The molecule has 2 amide bonds. The monoisotopic (exact) mass is 512 g/mol. The van der Waals surface area contributed by atoms with E-state index in [1.54, 1.807) is 43.5 Å². The summed E-state index contributed by atoms with van der Waals surface area (Å²) in [5.74, 6) is 0.0141. The SMILES string of the molecule is COc1cccc(C(=O)N[C@H](C(=O)N2CCCCC2)C2CCN(C(=S)Nc3ccc(F)cc3)CC2)c1. The van der Waals surface area contributed by atoms with E-state index in [-0.39, 0.29) is 23.5 Å². The molecular weight excluding hydrogens is 479 g/mol. The number of hydrogen-bond acceptors (Lipinski definition) is 4. The first-order valence-electron chi connectivity index (χ1n) is 12.5. The Morgan fingerprint density at radius 1 is 1.00 bits per heavy atom. The molecule has 2 heterocycles. The number of carbonyl (C=O) groups excluding carboxylic acids is 2. The zero-order chi connectivity index (χ0) is 25.5. The van der Waals surface area contributed by atoms with Gasteiger partial charge >= 0.3 is 0 Å². The van der Waals surface area contributed by atoms with Crippen molar-refractivity contribution in [1.29, 1.82) is 0 Å². The number of hydrogen-bond donors (Lipinski definition) is 2. The fraction of sp³-hybridized carbons (Fsp3) is 0.444. The van der Waals surface area contributed by atoms with E-state index in [1.165, 1.54) is 12.1 Å². The normalized spacial score (nSPS) is 17.3. The molecule has 0 spiro atoms. The molecule has 2 fully saturated rings. The molecule has 1 atom stereocenters. The van der Waals surface area contributed by atoms with Crippen LogP contribution >= 0.6 is 12.2 Å². The van der Waals surface area contributed by atoms with E-state index in [0.29, 0.717) is 42.4 Å². The van der Waals surface area contributed by atoms with Crippen molar-refractivity contribution in [3.8, 4) is 5.75 Å². The first kappa shape index (κ1) is 25.9. The van der Waals surface area contributed by atoms with Crippen molar-refractivity contribution in [3.63, 3.8) is 0 Å². The molecule has 9 heteroatoms. The zero-order valence-corrected chi connectivity index (χ0v) is 21.4. The Balaban J connectivity index is 1.42. The Hall–Kier alpha value is -3.20. The number of carbonyl (C=O) groups is 2. The molecule has 2 aliphatic heterocycles. The number of halogens is 1. The Kier molecular flexibility index (Phi) is 8.74. The van der Waals surface area contributed by atoms with Crippen molar-refractivity contribution >= 4 is 34.8 Å². The lowest BCUT2D eigenvalue weighted by Crippen LogP contribution is -2.55. The van der Waals surface area contributed by atoms with Crippen LogP contribution in [0.1, 0.15) is 42.5 Å². The van der Waals surface area contributed by atoms with Gasteiger partial charge in [0.1, 0.15) is 17.6 Å². The van der Waals surface area contributed by atoms with E-state index in [2.05, 4.69) is 15.5 Å². The predicted molar refractivity (Wildman–Crippen MR) is 142 cm³/mol. The van der Waals surface area contributed by atoms with E-state index >= 15 is 0 Å². The summed E-state index contributed by atoms with van der Waals surface area (Å²) in [4.78, 5) is 30.7. The lowest BCUT2D eigenvalue weighted by Gasteiger charge is -2.39. The highest BCUT2D eigenvalue weighted by Gasteiger charge is 2.36. The molecule has 0 unspecified atom stereocenters. The van der Waals surface area contributed by atoms with Crippen molar-refractivity contribution < 1.29 is 18.7 Å². The summed E-state index contributed by atoms with van der Waals surface area (Å²) in [6, 6.07) is 12.4. The summed E-state index contributed by atoms with van der Waals surface area (Å²) in [5, 5.41) is 6.78. The number of anilines is 1. The summed E-state index contributed by atoms with van der Waals surface area (Å²) in [5.41, 5.74) is 1.19. The summed E-state index contributed by atoms with van der Waals surface area (Å²) in [6.45, 7) is 2.79. The lowest BCUT2D eigenvalue weighted by atomic mass is 9.88. The molecule has 0 aromatic heterocycles. The summed E-state index contributed by atoms with van der Waals surface area (Å²) < 4.78 is 18.4. The van der Waals surface area contributed by atoms with E-state index < -0.39 is 6.04 Å². The summed E-state index contributed by atoms with van der Waals surface area (Å²) in [7, 11) is 1.56. The Morgan fingerprint density at radius 3 is 2.36 bits per heavy atom. The van der Waals surface area contributed by atoms with Gasteiger partial charge in [-0.05, 0) is 92.7 Å². The average Bonchev–Trinajstić information content (AvgIpc) is 2.93. The lowest BCUT2D eigenvalue weighted by molar-refractivity contribution is -0.136. The Bertz CT molecular complexity index is 1070. The van der Waals surface area contributed by atoms with Crippen molar-refractivity contribution in [1.82, 2.24) is 15.1 Å². The smallest absolute Gasteiger partial charge is 0.252 e. The van der Waals surface area contributed by atoms with Crippen LogP contribution in [0.4, 0.5) is 10.1 Å². The minimum atomic E-state index is -0.595. The van der Waals surface area contributed by atoms with E-state index in [0.717, 1.165) is 38.0 Å². The number of rotatable bonds is 6. The Morgan fingerprint density at radius 2 is 1.69 bits per heavy atom. The summed E-state index contributed by atoms with van der Waals surface area (Å²) in [6.07, 6.45) is 4.54. The number of nitrogens with zero attached hydrogens (tertiary/aromatic N) is 2. The highest BCUT2D eigenvalue weighted by Crippen LogP contribution is 2.25. The number of benzene rings is 2. The van der Waals surface area contributed by atoms with Gasteiger partial charge in [0, 0.05) is 37.4 Å². The topological polar surface area (TPSA) is 73.9 Å². The standard InChI is InChI=1S/C27H33FN4O3S/c1-35-23-7-5-6-20(18-23)25(33)30-24(26(34)31-14-3-2-4-15-31)19-12-16-32(17-13-19)27(36)29-22-10-8-21(28)9-11-22/h5-11,18-19,24H,2-4,12-17H2,1H3,(H,29,36)(H,30,33)/t24-/m0/s1. The van der Waals surface area contributed by atoms with Gasteiger partial charge in [0.25, 0.3) is 5.91 Å². The number of nitrogens with one attached hydrogen (secondary N) is 2. The van der Waals surface area contributed by atoms with E-state index in [1.807, 2.05) is 4.90 Å². The van der Waals surface area contributed by atoms with Gasteiger partial charge in [0.05, 0.1) is 7.11 Å². The molecular formula is C27H33FN4O3S. The van der Waals surface area contributed by atoms with Gasteiger partial charge in [-0.1, -0.05) is 6.07 Å². The van der Waals surface area contributed by atoms with Crippen molar-refractivity contribution in [2.75, 3.05) is 38.6 Å². The second kappa shape index (κ2) is 12.2. The van der Waals surface area contributed by atoms with Crippen LogP contribution in [-0.4, -0.2) is 66.1 Å². The molecule has 2 N–H and O–H groups in total. The van der Waals surface area contributed by atoms with Crippen LogP contribution in [-0.2, 0) is 4.79 Å². The number of amides is 2. The third-order valence-corrected chi connectivity index (χ3v) is 7.31. The maximum Gasteiger partial charge on any atom is 0.252 e. The van der Waals surface area contributed by atoms with Gasteiger partial charge < -0.3 is 25.2 Å². The van der Waals surface area contributed by atoms with Crippen LogP contribution in [0.15, 0.2) is 48.5 Å². The minimum absolute atomic E-state index is 0.00106. The van der Waals surface area contributed by atoms with Crippen LogP contribution in [0.5, 0.6) is 5.75 Å². The fourth-order valence-electron chi connectivity index (χ4n) is 4.85. The zero-order valence-electron chi connectivity index (χ0n) is 20.5. The number of methoxy groups -OCH3 is 1. The largest absolute Gasteiger partial charge is 0.497 e. The molecule has 0 bridgehead atoms. The molecule has 4 rings (SSSR count). The van der Waals surface area contributed by atoms with Gasteiger partial charge in [-0.15, -0.1) is 0 Å². The minimum Gasteiger partial charge on any atom is -0.497 e. The second-order valence-electron chi connectivity index (χ2n) is 9.33. The molecule has 7 nitrogen and oxygen atoms in total. The third kappa shape index (κ3) is 6.51. The van der Waals surface area contributed by atoms with Crippen molar-refractivity contribution in [2.24, 2.45) is 5.92 Å². The number of piperidine rings is 2. The van der Waals surface area contributed by atoms with Gasteiger partial charge in [0.2, 0.25) is 5.91 Å². The Labute approximate surface area is 217 Å². The molecule has 0 saturated carbocycles. The first-order valence-corrected chi connectivity index (χ1v) is 12.9. The second-order valence-corrected chi connectivity index (χ2v) is 9.72. The van der Waals surface area contributed by atoms with Crippen LogP contribution in [0.2, 0.25) is 0 Å². The number of thiocarbonyl (C=S) groups is 1. The summed E-state index contributed by atoms with van der Waals surface area (Å²) >= 11 is 5.57. The van der Waals surface area contributed by atoms with Gasteiger partial charge in [-0.25, -0.2) is 4.39 Å². The third-order valence-electron chi connectivity index (χ3n) is 6.95. The molecule has 2 aliphatic rings. The van der Waals surface area contributed by atoms with Gasteiger partial charge in [0.15, 0.2) is 5.11 Å². The van der Waals surface area contributed by atoms with E-state index in [9.17, 15) is 14.0 Å². The van der Waals surface area contributed by atoms with Crippen molar-refractivity contribution in [3.05, 3.63) is 59.9 Å². The van der Waals surface area contributed by atoms with E-state index in [4.69, 9.17) is 17.0 Å². The maximum absolute atomic E-state index is 13.6. The molecule has 0 radical (unpaired) electrons. The number of likely N-dealkylation sites (tertiary alicyclic amines) is 2. The van der Waals surface area contributed by atoms with Crippen LogP contribution < -0.4 is 15.4 Å². The van der Waals surface area contributed by atoms with Gasteiger partial charge in [-0.3, -0.25) is 9.59 Å². The van der Waals surface area contributed by atoms with Crippen molar-refractivity contribution in [2.45, 2.75) is 38.1 Å². The number of ether oxygens (including phenoxy) is 1. The molecule has 2 aromatic rings. The highest BCUT2D eigenvalue weighted by molar-refractivity contribution is 7.80. The predicted octanol–water partition coefficient (Wildman–Crippen LogP) is 4.05. The molecule has 0 aliphatic carbocycles.